The third-order valence-corrected chi connectivity index (χ3v) is 4.17. The summed E-state index contributed by atoms with van der Waals surface area (Å²) in [5.41, 5.74) is 5.94. The van der Waals surface area contributed by atoms with Crippen molar-refractivity contribution in [3.63, 3.8) is 0 Å². The molecule has 0 bridgehead atoms. The van der Waals surface area contributed by atoms with Gasteiger partial charge in [-0.25, -0.2) is 13.6 Å². The highest BCUT2D eigenvalue weighted by Crippen LogP contribution is 2.27. The lowest BCUT2D eigenvalue weighted by Gasteiger charge is -2.29. The van der Waals surface area contributed by atoms with Crippen molar-refractivity contribution in [1.82, 2.24) is 4.90 Å². The quantitative estimate of drug-likeness (QED) is 0.783. The minimum absolute atomic E-state index is 0.0142. The number of ether oxygens (including phenoxy) is 1. The second kappa shape index (κ2) is 5.36. The van der Waals surface area contributed by atoms with Crippen LogP contribution in [0.5, 0.6) is 5.75 Å². The van der Waals surface area contributed by atoms with Crippen molar-refractivity contribution in [3.05, 3.63) is 18.2 Å². The molecule has 1 fully saturated rings. The van der Waals surface area contributed by atoms with E-state index in [1.807, 2.05) is 0 Å². The van der Waals surface area contributed by atoms with Gasteiger partial charge in [0.15, 0.2) is 0 Å². The third kappa shape index (κ3) is 3.59. The molecule has 1 aliphatic heterocycles. The van der Waals surface area contributed by atoms with Crippen LogP contribution in [0, 0.1) is 0 Å². The monoisotopic (exact) mass is 285 g/mol. The predicted octanol–water partition coefficient (Wildman–Crippen LogP) is 0.389. The topological polar surface area (TPSA) is 98.7 Å². The van der Waals surface area contributed by atoms with Gasteiger partial charge in [0, 0.05) is 18.8 Å². The first-order valence-corrected chi connectivity index (χ1v) is 7.68. The molecular weight excluding hydrogens is 266 g/mol. The molecule has 1 aliphatic rings. The number of anilines is 1. The van der Waals surface area contributed by atoms with E-state index in [0.717, 1.165) is 25.9 Å². The Bertz CT molecular complexity index is 551. The van der Waals surface area contributed by atoms with Crippen molar-refractivity contribution in [2.75, 3.05) is 25.9 Å². The summed E-state index contributed by atoms with van der Waals surface area (Å²) in [5.74, 6) is 0.284. The molecule has 19 heavy (non-hydrogen) atoms. The highest BCUT2D eigenvalue weighted by Gasteiger charge is 2.22. The lowest BCUT2D eigenvalue weighted by molar-refractivity contribution is 0.111. The van der Waals surface area contributed by atoms with Gasteiger partial charge < -0.3 is 15.4 Å². The summed E-state index contributed by atoms with van der Waals surface area (Å²) in [5, 5.41) is 5.18. The SMILES string of the molecule is CN1CCC(Oc2ccc(N)cc2S(N)(=O)=O)CC1. The average Bonchev–Trinajstić information content (AvgIpc) is 2.33. The van der Waals surface area contributed by atoms with Crippen LogP contribution in [0.1, 0.15) is 12.8 Å². The highest BCUT2D eigenvalue weighted by molar-refractivity contribution is 7.89. The van der Waals surface area contributed by atoms with E-state index in [9.17, 15) is 8.42 Å². The van der Waals surface area contributed by atoms with Crippen LogP contribution in [0.15, 0.2) is 23.1 Å². The molecule has 0 radical (unpaired) electrons. The first-order valence-electron chi connectivity index (χ1n) is 6.14. The maximum atomic E-state index is 11.5. The lowest BCUT2D eigenvalue weighted by Crippen LogP contribution is -2.36. The molecule has 1 heterocycles. The zero-order chi connectivity index (χ0) is 14.0. The van der Waals surface area contributed by atoms with Crippen LogP contribution in [-0.4, -0.2) is 39.6 Å². The molecule has 7 heteroatoms. The molecule has 1 saturated heterocycles. The fraction of sp³-hybridized carbons (Fsp3) is 0.500. The summed E-state index contributed by atoms with van der Waals surface area (Å²) in [6, 6.07) is 4.51. The Labute approximate surface area is 113 Å². The van der Waals surface area contributed by atoms with Gasteiger partial charge in [0.2, 0.25) is 10.0 Å². The Morgan fingerprint density at radius 1 is 1.32 bits per heavy atom. The van der Waals surface area contributed by atoms with E-state index >= 15 is 0 Å². The van der Waals surface area contributed by atoms with Gasteiger partial charge in [-0.3, -0.25) is 0 Å². The summed E-state index contributed by atoms with van der Waals surface area (Å²) in [7, 11) is -1.78. The van der Waals surface area contributed by atoms with Gasteiger partial charge in [0.25, 0.3) is 0 Å². The zero-order valence-corrected chi connectivity index (χ0v) is 11.7. The lowest BCUT2D eigenvalue weighted by atomic mass is 10.1. The molecule has 0 atom stereocenters. The van der Waals surface area contributed by atoms with E-state index < -0.39 is 10.0 Å². The number of hydrogen-bond donors (Lipinski definition) is 2. The van der Waals surface area contributed by atoms with Gasteiger partial charge in [-0.15, -0.1) is 0 Å². The summed E-state index contributed by atoms with van der Waals surface area (Å²) < 4.78 is 28.8. The molecule has 1 aromatic rings. The molecule has 4 N–H and O–H groups in total. The number of nitrogens with zero attached hydrogens (tertiary/aromatic N) is 1. The van der Waals surface area contributed by atoms with Crippen LogP contribution in [0.3, 0.4) is 0 Å². The van der Waals surface area contributed by atoms with Gasteiger partial charge in [0.05, 0.1) is 0 Å². The first-order chi connectivity index (χ1) is 8.86. The van der Waals surface area contributed by atoms with Crippen molar-refractivity contribution < 1.29 is 13.2 Å². The molecule has 6 nitrogen and oxygen atoms in total. The van der Waals surface area contributed by atoms with Gasteiger partial charge in [-0.05, 0) is 38.1 Å². The summed E-state index contributed by atoms with van der Waals surface area (Å²) >= 11 is 0. The van der Waals surface area contributed by atoms with Gasteiger partial charge in [-0.1, -0.05) is 0 Å². The minimum atomic E-state index is -3.83. The Morgan fingerprint density at radius 2 is 1.95 bits per heavy atom. The fourth-order valence-electron chi connectivity index (χ4n) is 2.13. The van der Waals surface area contributed by atoms with E-state index in [4.69, 9.17) is 15.6 Å². The van der Waals surface area contributed by atoms with E-state index in [2.05, 4.69) is 11.9 Å². The standard InChI is InChI=1S/C12H19N3O3S/c1-15-6-4-10(5-7-15)18-11-3-2-9(13)8-12(11)19(14,16)17/h2-3,8,10H,4-7,13H2,1H3,(H2,14,16,17). The smallest absolute Gasteiger partial charge is 0.241 e. The number of sulfonamides is 1. The van der Waals surface area contributed by atoms with Gasteiger partial charge >= 0.3 is 0 Å². The number of nitrogen functional groups attached to an aromatic ring is 1. The summed E-state index contributed by atoms with van der Waals surface area (Å²) in [6.45, 7) is 1.87. The van der Waals surface area contributed by atoms with E-state index in [1.165, 1.54) is 6.07 Å². The Kier molecular flexibility index (Phi) is 3.98. The van der Waals surface area contributed by atoms with Crippen LogP contribution >= 0.6 is 0 Å². The van der Waals surface area contributed by atoms with E-state index in [1.54, 1.807) is 12.1 Å². The Hall–Kier alpha value is -1.31. The van der Waals surface area contributed by atoms with Gasteiger partial charge in [0.1, 0.15) is 16.7 Å². The zero-order valence-electron chi connectivity index (χ0n) is 10.9. The van der Waals surface area contributed by atoms with Crippen molar-refractivity contribution in [2.45, 2.75) is 23.8 Å². The van der Waals surface area contributed by atoms with E-state index in [-0.39, 0.29) is 16.7 Å². The Morgan fingerprint density at radius 3 is 2.53 bits per heavy atom. The van der Waals surface area contributed by atoms with Crippen molar-refractivity contribution in [1.29, 1.82) is 0 Å². The predicted molar refractivity (Wildman–Crippen MR) is 73.4 cm³/mol. The van der Waals surface area contributed by atoms with Gasteiger partial charge in [-0.2, -0.15) is 0 Å². The molecule has 2 rings (SSSR count). The molecule has 106 valence electrons. The van der Waals surface area contributed by atoms with Crippen molar-refractivity contribution in [2.24, 2.45) is 5.14 Å². The van der Waals surface area contributed by atoms with Crippen LogP contribution in [0.25, 0.3) is 0 Å². The van der Waals surface area contributed by atoms with Crippen molar-refractivity contribution in [3.8, 4) is 5.75 Å². The molecule has 0 aliphatic carbocycles. The van der Waals surface area contributed by atoms with Crippen LogP contribution in [0.4, 0.5) is 5.69 Å². The number of primary sulfonamides is 1. The number of benzene rings is 1. The average molecular weight is 285 g/mol. The molecule has 0 unspecified atom stereocenters. The second-order valence-electron chi connectivity index (χ2n) is 4.87. The first kappa shape index (κ1) is 14.1. The third-order valence-electron chi connectivity index (χ3n) is 3.23. The number of rotatable bonds is 3. The molecule has 0 amide bonds. The number of likely N-dealkylation sites (tertiary alicyclic amines) is 1. The summed E-state index contributed by atoms with van der Waals surface area (Å²) in [4.78, 5) is 2.16. The van der Waals surface area contributed by atoms with Crippen LogP contribution in [0.2, 0.25) is 0 Å². The molecular formula is C12H19N3O3S. The maximum absolute atomic E-state index is 11.5. The highest BCUT2D eigenvalue weighted by atomic mass is 32.2. The fourth-order valence-corrected chi connectivity index (χ4v) is 2.82. The number of hydrogen-bond acceptors (Lipinski definition) is 5. The number of piperidine rings is 1. The second-order valence-corrected chi connectivity index (χ2v) is 6.40. The van der Waals surface area contributed by atoms with Crippen LogP contribution in [-0.2, 0) is 10.0 Å². The molecule has 0 aromatic heterocycles. The van der Waals surface area contributed by atoms with Crippen LogP contribution < -0.4 is 15.6 Å². The maximum Gasteiger partial charge on any atom is 0.241 e. The molecule has 0 saturated carbocycles. The summed E-state index contributed by atoms with van der Waals surface area (Å²) in [6.07, 6.45) is 1.75. The molecule has 0 spiro atoms. The largest absolute Gasteiger partial charge is 0.489 e. The Balaban J connectivity index is 2.21. The normalized spacial score (nSPS) is 18.4. The van der Waals surface area contributed by atoms with Crippen molar-refractivity contribution >= 4 is 15.7 Å². The minimum Gasteiger partial charge on any atom is -0.489 e. The van der Waals surface area contributed by atoms with E-state index in [0.29, 0.717) is 5.69 Å². The molecule has 1 aromatic carbocycles. The number of nitrogens with two attached hydrogens (primary N) is 2.